The van der Waals surface area contributed by atoms with Crippen molar-refractivity contribution in [2.24, 2.45) is 0 Å². The van der Waals surface area contributed by atoms with Gasteiger partial charge in [-0.3, -0.25) is 14.4 Å². The number of carbonyl (C=O) groups is 3. The van der Waals surface area contributed by atoms with Crippen LogP contribution in [-0.4, -0.2) is 37.2 Å². The molecule has 1 atom stereocenters. The van der Waals surface area contributed by atoms with E-state index < -0.39 is 6.10 Å². The number of carbonyl (C=O) groups excluding carboxylic acids is 3. The molecule has 0 fully saturated rings. The van der Waals surface area contributed by atoms with Gasteiger partial charge in [0.15, 0.2) is 6.10 Å². The Morgan fingerprint density at radius 2 is 0.470 bits per heavy atom. The van der Waals surface area contributed by atoms with E-state index in [0.717, 1.165) is 135 Å². The quantitative estimate of drug-likeness (QED) is 0.0261. The molecule has 0 saturated heterocycles. The Labute approximate surface area is 513 Å². The van der Waals surface area contributed by atoms with Gasteiger partial charge in [-0.2, -0.15) is 0 Å². The van der Waals surface area contributed by atoms with Crippen LogP contribution in [0.25, 0.3) is 0 Å². The van der Waals surface area contributed by atoms with E-state index >= 15 is 0 Å². The Kier molecular flexibility index (Phi) is 66.7. The van der Waals surface area contributed by atoms with Crippen molar-refractivity contribution in [1.29, 1.82) is 0 Å². The first-order chi connectivity index (χ1) is 41.0. The Morgan fingerprint density at radius 1 is 0.253 bits per heavy atom. The van der Waals surface area contributed by atoms with E-state index in [1.807, 2.05) is 0 Å². The second kappa shape index (κ2) is 70.3. The van der Waals surface area contributed by atoms with Crippen molar-refractivity contribution in [2.45, 2.75) is 335 Å². The number of ether oxygens (including phenoxy) is 3. The van der Waals surface area contributed by atoms with Crippen molar-refractivity contribution in [3.05, 3.63) is 122 Å². The summed E-state index contributed by atoms with van der Waals surface area (Å²) in [6.07, 6.45) is 97.8. The van der Waals surface area contributed by atoms with E-state index in [4.69, 9.17) is 14.2 Å². The molecule has 0 aliphatic rings. The first kappa shape index (κ1) is 78.8. The van der Waals surface area contributed by atoms with Gasteiger partial charge >= 0.3 is 17.9 Å². The second-order valence-corrected chi connectivity index (χ2v) is 23.1. The Bertz CT molecular complexity index is 1700. The van der Waals surface area contributed by atoms with Gasteiger partial charge < -0.3 is 14.2 Å². The van der Waals surface area contributed by atoms with Crippen LogP contribution in [0.5, 0.6) is 0 Å². The van der Waals surface area contributed by atoms with Crippen LogP contribution in [0.15, 0.2) is 122 Å². The number of hydrogen-bond acceptors (Lipinski definition) is 6. The number of esters is 3. The molecule has 0 saturated carbocycles. The predicted octanol–water partition coefficient (Wildman–Crippen LogP) is 24.3. The molecule has 83 heavy (non-hydrogen) atoms. The lowest BCUT2D eigenvalue weighted by atomic mass is 10.0. The van der Waals surface area contributed by atoms with Gasteiger partial charge in [0.05, 0.1) is 0 Å². The highest BCUT2D eigenvalue weighted by atomic mass is 16.6. The maximum absolute atomic E-state index is 13.0. The molecule has 474 valence electrons. The highest BCUT2D eigenvalue weighted by Crippen LogP contribution is 2.16. The molecule has 0 N–H and O–H groups in total. The molecule has 0 aliphatic carbocycles. The first-order valence-corrected chi connectivity index (χ1v) is 35.0. The van der Waals surface area contributed by atoms with Crippen molar-refractivity contribution in [3.63, 3.8) is 0 Å². The van der Waals surface area contributed by atoms with Gasteiger partial charge in [0.25, 0.3) is 0 Å². The fourth-order valence-corrected chi connectivity index (χ4v) is 9.68. The average Bonchev–Trinajstić information content (AvgIpc) is 3.50. The standard InChI is InChI=1S/C77H130O6/c1-4-7-10-13-16-19-22-25-28-31-34-36-37-38-39-41-43-46-49-52-55-58-61-64-67-70-76(79)82-73-74(72-81-75(78)69-66-63-60-57-54-51-48-45-42-33-30-27-24-21-18-15-12-9-6-3)83-77(80)71-68-65-62-59-56-53-50-47-44-40-35-32-29-26-23-20-17-14-11-8-5-2/h8,11,17-18,20-22,25-27,29-31,34-35,40,42,45,47,50,74H,4-7,9-10,12-16,19,23-24,28,32-33,36-39,41,43-44,46,48-49,51-73H2,1-3H3/b11-8-,20-17-,21-18-,25-22-,29-26-,30-27-,34-31-,40-35-,45-42-,50-47-. The summed E-state index contributed by atoms with van der Waals surface area (Å²) in [5, 5.41) is 0. The summed E-state index contributed by atoms with van der Waals surface area (Å²) in [5.41, 5.74) is 0. The SMILES string of the molecule is CC/C=C\C/C=C\C/C=C\C/C=C\C/C=C\CCCCCCCC(=O)OC(COC(=O)CCCCCCCC/C=C\C/C=C\C/C=C\CCCCC)COC(=O)CCCCCCCCCCCCCCC/C=C\C/C=C\CCCCCCC. The van der Waals surface area contributed by atoms with Crippen LogP contribution in [0.2, 0.25) is 0 Å². The molecule has 0 spiro atoms. The molecule has 6 heteroatoms. The van der Waals surface area contributed by atoms with Gasteiger partial charge in [-0.25, -0.2) is 0 Å². The minimum Gasteiger partial charge on any atom is -0.462 e. The van der Waals surface area contributed by atoms with E-state index in [9.17, 15) is 14.4 Å². The fourth-order valence-electron chi connectivity index (χ4n) is 9.68. The van der Waals surface area contributed by atoms with Crippen molar-refractivity contribution in [3.8, 4) is 0 Å². The third kappa shape index (κ3) is 68.5. The molecule has 0 aromatic carbocycles. The van der Waals surface area contributed by atoms with Crippen LogP contribution >= 0.6 is 0 Å². The molecule has 0 aromatic heterocycles. The van der Waals surface area contributed by atoms with E-state index in [-0.39, 0.29) is 31.1 Å². The molecule has 6 nitrogen and oxygen atoms in total. The van der Waals surface area contributed by atoms with Gasteiger partial charge in [0.1, 0.15) is 13.2 Å². The topological polar surface area (TPSA) is 78.9 Å². The molecule has 0 amide bonds. The Balaban J connectivity index is 4.43. The van der Waals surface area contributed by atoms with Crippen LogP contribution in [0.4, 0.5) is 0 Å². The largest absolute Gasteiger partial charge is 0.462 e. The smallest absolute Gasteiger partial charge is 0.306 e. The van der Waals surface area contributed by atoms with Crippen LogP contribution in [0, 0.1) is 0 Å². The first-order valence-electron chi connectivity index (χ1n) is 35.0. The molecule has 1 unspecified atom stereocenters. The lowest BCUT2D eigenvalue weighted by Gasteiger charge is -2.18. The van der Waals surface area contributed by atoms with Crippen LogP contribution in [0.1, 0.15) is 329 Å². The van der Waals surface area contributed by atoms with Crippen molar-refractivity contribution in [1.82, 2.24) is 0 Å². The molecule has 0 bridgehead atoms. The van der Waals surface area contributed by atoms with Gasteiger partial charge in [-0.05, 0) is 135 Å². The van der Waals surface area contributed by atoms with Gasteiger partial charge in [-0.15, -0.1) is 0 Å². The Hall–Kier alpha value is -4.19. The molecule has 0 aromatic rings. The van der Waals surface area contributed by atoms with Crippen molar-refractivity contribution < 1.29 is 28.6 Å². The van der Waals surface area contributed by atoms with Gasteiger partial charge in [-0.1, -0.05) is 296 Å². The number of allylic oxidation sites excluding steroid dienone is 20. The van der Waals surface area contributed by atoms with E-state index in [1.54, 1.807) is 0 Å². The monoisotopic (exact) mass is 1150 g/mol. The van der Waals surface area contributed by atoms with E-state index in [0.29, 0.717) is 19.3 Å². The highest BCUT2D eigenvalue weighted by molar-refractivity contribution is 5.71. The van der Waals surface area contributed by atoms with E-state index in [1.165, 1.54) is 154 Å². The third-order valence-corrected chi connectivity index (χ3v) is 14.9. The van der Waals surface area contributed by atoms with Crippen molar-refractivity contribution >= 4 is 17.9 Å². The highest BCUT2D eigenvalue weighted by Gasteiger charge is 2.19. The van der Waals surface area contributed by atoms with Gasteiger partial charge in [0.2, 0.25) is 0 Å². The van der Waals surface area contributed by atoms with Crippen LogP contribution < -0.4 is 0 Å². The minimum atomic E-state index is -0.800. The molecule has 0 radical (unpaired) electrons. The summed E-state index contributed by atoms with van der Waals surface area (Å²) in [4.78, 5) is 38.5. The molecule has 0 aliphatic heterocycles. The average molecular weight is 1150 g/mol. The lowest BCUT2D eigenvalue weighted by Crippen LogP contribution is -2.30. The molecular formula is C77H130O6. The lowest BCUT2D eigenvalue weighted by molar-refractivity contribution is -0.167. The number of hydrogen-bond donors (Lipinski definition) is 0. The van der Waals surface area contributed by atoms with Gasteiger partial charge in [0, 0.05) is 19.3 Å². The summed E-state index contributed by atoms with van der Waals surface area (Å²) in [6.45, 7) is 6.49. The summed E-state index contributed by atoms with van der Waals surface area (Å²) in [7, 11) is 0. The molecule has 0 rings (SSSR count). The van der Waals surface area contributed by atoms with Crippen LogP contribution in [-0.2, 0) is 28.6 Å². The Morgan fingerprint density at radius 3 is 0.759 bits per heavy atom. The number of unbranched alkanes of at least 4 members (excludes halogenated alkanes) is 32. The second-order valence-electron chi connectivity index (χ2n) is 23.1. The summed E-state index contributed by atoms with van der Waals surface area (Å²) in [6, 6.07) is 0. The zero-order valence-corrected chi connectivity index (χ0v) is 54.4. The summed E-state index contributed by atoms with van der Waals surface area (Å²) in [5.74, 6) is -0.915. The zero-order chi connectivity index (χ0) is 59.9. The molecule has 0 heterocycles. The number of rotatable bonds is 63. The zero-order valence-electron chi connectivity index (χ0n) is 54.4. The van der Waals surface area contributed by atoms with Crippen molar-refractivity contribution in [2.75, 3.05) is 13.2 Å². The van der Waals surface area contributed by atoms with E-state index in [2.05, 4.69) is 142 Å². The normalized spacial score (nSPS) is 12.9. The predicted molar refractivity (Wildman–Crippen MR) is 362 cm³/mol. The summed E-state index contributed by atoms with van der Waals surface area (Å²) < 4.78 is 17.0. The maximum Gasteiger partial charge on any atom is 0.306 e. The fraction of sp³-hybridized carbons (Fsp3) is 0.701. The summed E-state index contributed by atoms with van der Waals surface area (Å²) >= 11 is 0. The third-order valence-electron chi connectivity index (χ3n) is 14.9. The minimum absolute atomic E-state index is 0.0921. The van der Waals surface area contributed by atoms with Crippen LogP contribution in [0.3, 0.4) is 0 Å². The molecular weight excluding hydrogens is 1020 g/mol. The maximum atomic E-state index is 13.0.